The number of piperidine rings is 1. The molecule has 1 saturated heterocycles. The van der Waals surface area contributed by atoms with Gasteiger partial charge >= 0.3 is 11.9 Å². The molecule has 0 amide bonds. The first-order valence-electron chi connectivity index (χ1n) is 9.34. The van der Waals surface area contributed by atoms with Crippen LogP contribution in [0.15, 0.2) is 66.4 Å². The van der Waals surface area contributed by atoms with Crippen molar-refractivity contribution in [3.63, 3.8) is 0 Å². The summed E-state index contributed by atoms with van der Waals surface area (Å²) in [6.45, 7) is 0.790. The molecule has 6 nitrogen and oxygen atoms in total. The third kappa shape index (κ3) is 5.34. The lowest BCUT2D eigenvalue weighted by molar-refractivity contribution is -0.136. The Morgan fingerprint density at radius 3 is 2.34 bits per heavy atom. The minimum absolute atomic E-state index is 0.0665. The highest BCUT2D eigenvalue weighted by atomic mass is 19.1. The molecule has 2 N–H and O–H groups in total. The van der Waals surface area contributed by atoms with E-state index in [1.165, 1.54) is 12.1 Å². The van der Waals surface area contributed by atoms with Crippen LogP contribution in [-0.2, 0) is 9.59 Å². The summed E-state index contributed by atoms with van der Waals surface area (Å²) in [6, 6.07) is 15.6. The molecule has 29 heavy (non-hydrogen) atoms. The number of benzene rings is 2. The summed E-state index contributed by atoms with van der Waals surface area (Å²) in [5.74, 6) is -2.44. The van der Waals surface area contributed by atoms with E-state index < -0.39 is 11.9 Å². The first-order chi connectivity index (χ1) is 13.9. The van der Waals surface area contributed by atoms with Crippen LogP contribution in [0.1, 0.15) is 24.5 Å². The summed E-state index contributed by atoms with van der Waals surface area (Å²) >= 11 is 0. The van der Waals surface area contributed by atoms with Gasteiger partial charge in [-0.2, -0.15) is 0 Å². The number of nitrogens with zero attached hydrogens (tertiary/aromatic N) is 1. The molecule has 0 radical (unpaired) electrons. The van der Waals surface area contributed by atoms with Crippen molar-refractivity contribution in [2.75, 3.05) is 13.1 Å². The van der Waals surface area contributed by atoms with Gasteiger partial charge in [-0.05, 0) is 30.5 Å². The zero-order chi connectivity index (χ0) is 20.8. The summed E-state index contributed by atoms with van der Waals surface area (Å²) in [6.07, 6.45) is 1.62. The van der Waals surface area contributed by atoms with Crippen molar-refractivity contribution >= 4 is 11.9 Å². The van der Waals surface area contributed by atoms with Crippen LogP contribution in [0.3, 0.4) is 0 Å². The molecule has 0 spiro atoms. The SMILES string of the molecule is O=C(O)/C=C(/C(=O)O)N1CCC(C(Oc2cccc(F)c2)c2ccccc2)CC1. The fraction of sp³-hybridized carbons (Fsp3) is 0.273. The van der Waals surface area contributed by atoms with Crippen molar-refractivity contribution in [1.82, 2.24) is 4.90 Å². The molecular weight excluding hydrogens is 377 g/mol. The number of aliphatic carboxylic acids is 2. The maximum Gasteiger partial charge on any atom is 0.352 e. The van der Waals surface area contributed by atoms with Crippen molar-refractivity contribution in [2.45, 2.75) is 18.9 Å². The first kappa shape index (κ1) is 20.4. The number of ether oxygens (including phenoxy) is 1. The number of hydrogen-bond acceptors (Lipinski definition) is 4. The summed E-state index contributed by atoms with van der Waals surface area (Å²) in [5, 5.41) is 18.2. The summed E-state index contributed by atoms with van der Waals surface area (Å²) in [7, 11) is 0. The van der Waals surface area contributed by atoms with Crippen LogP contribution in [0, 0.1) is 11.7 Å². The Balaban J connectivity index is 1.78. The van der Waals surface area contributed by atoms with Gasteiger partial charge in [0.25, 0.3) is 0 Å². The first-order valence-corrected chi connectivity index (χ1v) is 9.34. The van der Waals surface area contributed by atoms with Crippen LogP contribution in [0.5, 0.6) is 5.75 Å². The van der Waals surface area contributed by atoms with E-state index in [-0.39, 0.29) is 23.5 Å². The average molecular weight is 399 g/mol. The van der Waals surface area contributed by atoms with Crippen LogP contribution in [0.4, 0.5) is 4.39 Å². The standard InChI is InChI=1S/C22H22FNO5/c23-17-7-4-8-18(13-17)29-21(15-5-2-1-3-6-15)16-9-11-24(12-10-16)19(22(27)28)14-20(25)26/h1-8,13-14,16,21H,9-12H2,(H,25,26)(H,27,28)/b19-14-. The largest absolute Gasteiger partial charge is 0.485 e. The topological polar surface area (TPSA) is 87.1 Å². The van der Waals surface area contributed by atoms with Gasteiger partial charge in [0.05, 0.1) is 6.08 Å². The van der Waals surface area contributed by atoms with Gasteiger partial charge < -0.3 is 19.8 Å². The molecule has 2 aromatic rings. The molecule has 0 saturated carbocycles. The Morgan fingerprint density at radius 2 is 1.76 bits per heavy atom. The maximum atomic E-state index is 13.6. The molecular formula is C22H22FNO5. The third-order valence-electron chi connectivity index (χ3n) is 4.98. The van der Waals surface area contributed by atoms with Gasteiger partial charge in [0.1, 0.15) is 23.4 Å². The van der Waals surface area contributed by atoms with Gasteiger partial charge in [-0.1, -0.05) is 36.4 Å². The second-order valence-electron chi connectivity index (χ2n) is 6.90. The summed E-state index contributed by atoms with van der Waals surface area (Å²) in [4.78, 5) is 23.9. The number of halogens is 1. The smallest absolute Gasteiger partial charge is 0.352 e. The monoisotopic (exact) mass is 399 g/mol. The second kappa shape index (κ2) is 9.23. The van der Waals surface area contributed by atoms with E-state index in [0.29, 0.717) is 31.7 Å². The number of carbonyl (C=O) groups is 2. The quantitative estimate of drug-likeness (QED) is 0.690. The molecule has 1 heterocycles. The van der Waals surface area contributed by atoms with Gasteiger partial charge in [-0.25, -0.2) is 14.0 Å². The van der Waals surface area contributed by atoms with Gasteiger partial charge in [-0.15, -0.1) is 0 Å². The zero-order valence-corrected chi connectivity index (χ0v) is 15.7. The van der Waals surface area contributed by atoms with Gasteiger partial charge in [0.2, 0.25) is 0 Å². The number of likely N-dealkylation sites (tertiary alicyclic amines) is 1. The van der Waals surface area contributed by atoms with Gasteiger partial charge in [0, 0.05) is 25.1 Å². The van der Waals surface area contributed by atoms with E-state index in [1.807, 2.05) is 30.3 Å². The average Bonchev–Trinajstić information content (AvgIpc) is 2.71. The fourth-order valence-corrected chi connectivity index (χ4v) is 3.61. The van der Waals surface area contributed by atoms with Crippen LogP contribution in [0.25, 0.3) is 0 Å². The van der Waals surface area contributed by atoms with E-state index in [9.17, 15) is 19.1 Å². The van der Waals surface area contributed by atoms with E-state index in [0.717, 1.165) is 11.6 Å². The predicted molar refractivity (Wildman–Crippen MR) is 104 cm³/mol. The van der Waals surface area contributed by atoms with Gasteiger partial charge in [-0.3, -0.25) is 0 Å². The van der Waals surface area contributed by atoms with E-state index in [2.05, 4.69) is 0 Å². The fourth-order valence-electron chi connectivity index (χ4n) is 3.61. The van der Waals surface area contributed by atoms with Crippen molar-refractivity contribution in [3.05, 3.63) is 77.8 Å². The molecule has 1 unspecified atom stereocenters. The van der Waals surface area contributed by atoms with E-state index in [1.54, 1.807) is 17.0 Å². The Hall–Kier alpha value is -3.35. The molecule has 0 aromatic heterocycles. The predicted octanol–water partition coefficient (Wildman–Crippen LogP) is 3.71. The van der Waals surface area contributed by atoms with Crippen LogP contribution in [-0.4, -0.2) is 40.1 Å². The second-order valence-corrected chi connectivity index (χ2v) is 6.90. The van der Waals surface area contributed by atoms with E-state index >= 15 is 0 Å². The highest BCUT2D eigenvalue weighted by molar-refractivity contribution is 5.94. The van der Waals surface area contributed by atoms with Crippen molar-refractivity contribution < 1.29 is 28.9 Å². The number of carboxylic acid groups (broad SMARTS) is 2. The van der Waals surface area contributed by atoms with Crippen molar-refractivity contribution in [3.8, 4) is 5.75 Å². The Labute approximate surface area is 167 Å². The minimum atomic E-state index is -1.29. The minimum Gasteiger partial charge on any atom is -0.485 e. The molecule has 1 atom stereocenters. The Kier molecular flexibility index (Phi) is 6.49. The lowest BCUT2D eigenvalue weighted by Gasteiger charge is -2.37. The normalized spacial score (nSPS) is 16.3. The highest BCUT2D eigenvalue weighted by Crippen LogP contribution is 2.35. The summed E-state index contributed by atoms with van der Waals surface area (Å²) < 4.78 is 19.7. The van der Waals surface area contributed by atoms with Crippen molar-refractivity contribution in [1.29, 1.82) is 0 Å². The highest BCUT2D eigenvalue weighted by Gasteiger charge is 2.31. The van der Waals surface area contributed by atoms with Crippen LogP contribution < -0.4 is 4.74 Å². The molecule has 7 heteroatoms. The maximum absolute atomic E-state index is 13.6. The van der Waals surface area contributed by atoms with E-state index in [4.69, 9.17) is 9.84 Å². The third-order valence-corrected chi connectivity index (χ3v) is 4.98. The molecule has 0 aliphatic carbocycles. The number of hydrogen-bond donors (Lipinski definition) is 2. The summed E-state index contributed by atoms with van der Waals surface area (Å²) in [5.41, 5.74) is 0.730. The molecule has 152 valence electrons. The Bertz CT molecular complexity index is 891. The zero-order valence-electron chi connectivity index (χ0n) is 15.7. The Morgan fingerprint density at radius 1 is 1.07 bits per heavy atom. The lowest BCUT2D eigenvalue weighted by atomic mass is 9.87. The lowest BCUT2D eigenvalue weighted by Crippen LogP contribution is -2.38. The molecule has 1 fully saturated rings. The van der Waals surface area contributed by atoms with Crippen molar-refractivity contribution in [2.24, 2.45) is 5.92 Å². The number of rotatable bonds is 7. The van der Waals surface area contributed by atoms with Crippen LogP contribution >= 0.6 is 0 Å². The van der Waals surface area contributed by atoms with Crippen LogP contribution in [0.2, 0.25) is 0 Å². The molecule has 0 bridgehead atoms. The molecule has 1 aliphatic rings. The molecule has 1 aliphatic heterocycles. The molecule has 2 aromatic carbocycles. The molecule has 3 rings (SSSR count). The van der Waals surface area contributed by atoms with Gasteiger partial charge in [0.15, 0.2) is 0 Å². The number of carboxylic acids is 2.